The molecule has 1 atom stereocenters. The van der Waals surface area contributed by atoms with Crippen LogP contribution in [0.2, 0.25) is 0 Å². The molecule has 33 heavy (non-hydrogen) atoms. The molecule has 0 unspecified atom stereocenters. The van der Waals surface area contributed by atoms with Gasteiger partial charge < -0.3 is 15.5 Å². The quantitative estimate of drug-likeness (QED) is 0.449. The van der Waals surface area contributed by atoms with Crippen LogP contribution in [0, 0.1) is 0 Å². The van der Waals surface area contributed by atoms with E-state index in [1.165, 1.54) is 6.33 Å². The van der Waals surface area contributed by atoms with Crippen molar-refractivity contribution in [1.82, 2.24) is 30.2 Å². The maximum Gasteiger partial charge on any atom is 0.251 e. The molecule has 4 rings (SSSR count). The molecule has 0 fully saturated rings. The zero-order valence-electron chi connectivity index (χ0n) is 19.1. The van der Waals surface area contributed by atoms with Gasteiger partial charge in [-0.15, -0.1) is 0 Å². The van der Waals surface area contributed by atoms with Crippen LogP contribution in [0.25, 0.3) is 22.2 Å². The zero-order valence-corrected chi connectivity index (χ0v) is 19.1. The summed E-state index contributed by atoms with van der Waals surface area (Å²) in [6.07, 6.45) is 6.71. The summed E-state index contributed by atoms with van der Waals surface area (Å²) in [6.45, 7) is 2.75. The Bertz CT molecular complexity index is 1270. The molecule has 0 aliphatic rings. The van der Waals surface area contributed by atoms with Crippen LogP contribution in [-0.2, 0) is 0 Å². The Morgan fingerprint density at radius 2 is 1.85 bits per heavy atom. The number of hydrogen-bond acceptors (Lipinski definition) is 8. The van der Waals surface area contributed by atoms with E-state index in [-0.39, 0.29) is 11.8 Å². The fraction of sp³-hybridized carbons (Fsp3) is 0.250. The van der Waals surface area contributed by atoms with Crippen molar-refractivity contribution in [3.8, 4) is 11.3 Å². The standard InChI is InChI=1S/C24H26N8O/c1-15(17-6-5-7-18-19(23(33)25-2)8-9-26-22(17)18)11-27-21-10-20(30-14-31-21)16-12-28-24(29-13-16)32(3)4/h5-10,12-15H,11H2,1-4H3,(H,25,33)(H,27,30,31)/t15-/m1/s1. The van der Waals surface area contributed by atoms with E-state index in [9.17, 15) is 4.79 Å². The molecule has 4 aromatic rings. The van der Waals surface area contributed by atoms with E-state index >= 15 is 0 Å². The van der Waals surface area contributed by atoms with Crippen LogP contribution in [0.5, 0.6) is 0 Å². The molecule has 0 radical (unpaired) electrons. The Kier molecular flexibility index (Phi) is 6.39. The van der Waals surface area contributed by atoms with Gasteiger partial charge in [-0.3, -0.25) is 9.78 Å². The van der Waals surface area contributed by atoms with Crippen LogP contribution in [0.3, 0.4) is 0 Å². The van der Waals surface area contributed by atoms with Crippen molar-refractivity contribution in [3.63, 3.8) is 0 Å². The fourth-order valence-corrected chi connectivity index (χ4v) is 3.59. The van der Waals surface area contributed by atoms with E-state index in [4.69, 9.17) is 0 Å². The van der Waals surface area contributed by atoms with Gasteiger partial charge >= 0.3 is 0 Å². The van der Waals surface area contributed by atoms with Gasteiger partial charge in [0.1, 0.15) is 12.1 Å². The van der Waals surface area contributed by atoms with Crippen LogP contribution >= 0.6 is 0 Å². The summed E-state index contributed by atoms with van der Waals surface area (Å²) in [5.41, 5.74) is 4.07. The molecule has 9 nitrogen and oxygen atoms in total. The van der Waals surface area contributed by atoms with E-state index in [0.29, 0.717) is 23.9 Å². The van der Waals surface area contributed by atoms with Crippen molar-refractivity contribution in [2.45, 2.75) is 12.8 Å². The van der Waals surface area contributed by atoms with Crippen LogP contribution in [0.15, 0.2) is 55.2 Å². The molecular weight excluding hydrogens is 416 g/mol. The number of amides is 1. The summed E-state index contributed by atoms with van der Waals surface area (Å²) in [7, 11) is 5.42. The van der Waals surface area contributed by atoms with E-state index in [0.717, 1.165) is 27.7 Å². The van der Waals surface area contributed by atoms with Gasteiger partial charge in [-0.2, -0.15) is 0 Å². The van der Waals surface area contributed by atoms with Gasteiger partial charge in [-0.05, 0) is 11.6 Å². The lowest BCUT2D eigenvalue weighted by molar-refractivity contribution is 0.0964. The maximum absolute atomic E-state index is 12.2. The number of rotatable bonds is 7. The van der Waals surface area contributed by atoms with Gasteiger partial charge in [-0.25, -0.2) is 19.9 Å². The number of carbonyl (C=O) groups is 1. The highest BCUT2D eigenvalue weighted by Crippen LogP contribution is 2.27. The van der Waals surface area contributed by atoms with Crippen molar-refractivity contribution in [2.24, 2.45) is 0 Å². The summed E-state index contributed by atoms with van der Waals surface area (Å²) in [4.78, 5) is 36.0. The molecule has 3 heterocycles. The van der Waals surface area contributed by atoms with Crippen LogP contribution in [0.1, 0.15) is 28.8 Å². The van der Waals surface area contributed by atoms with Gasteiger partial charge in [0.05, 0.1) is 16.8 Å². The first-order valence-corrected chi connectivity index (χ1v) is 10.6. The summed E-state index contributed by atoms with van der Waals surface area (Å²) in [5, 5.41) is 6.92. The van der Waals surface area contributed by atoms with Crippen molar-refractivity contribution in [1.29, 1.82) is 0 Å². The molecule has 9 heteroatoms. The Morgan fingerprint density at radius 3 is 2.58 bits per heavy atom. The maximum atomic E-state index is 12.2. The fourth-order valence-electron chi connectivity index (χ4n) is 3.59. The number of aromatic nitrogens is 5. The molecule has 0 spiro atoms. The predicted molar refractivity (Wildman–Crippen MR) is 129 cm³/mol. The zero-order chi connectivity index (χ0) is 23.4. The first kappa shape index (κ1) is 22.1. The molecular formula is C24H26N8O. The largest absolute Gasteiger partial charge is 0.369 e. The molecule has 168 valence electrons. The second-order valence-electron chi connectivity index (χ2n) is 7.92. The monoisotopic (exact) mass is 442 g/mol. The van der Waals surface area contributed by atoms with E-state index in [2.05, 4.69) is 42.5 Å². The number of fused-ring (bicyclic) bond motifs is 1. The van der Waals surface area contributed by atoms with Crippen molar-refractivity contribution < 1.29 is 4.79 Å². The molecule has 1 aromatic carbocycles. The predicted octanol–water partition coefficient (Wildman–Crippen LogP) is 3.12. The van der Waals surface area contributed by atoms with Gasteiger partial charge in [0.2, 0.25) is 5.95 Å². The van der Waals surface area contributed by atoms with Crippen molar-refractivity contribution in [2.75, 3.05) is 37.9 Å². The minimum atomic E-state index is -0.124. The molecule has 0 saturated carbocycles. The van der Waals surface area contributed by atoms with Gasteiger partial charge in [0.15, 0.2) is 0 Å². The number of pyridine rings is 1. The highest BCUT2D eigenvalue weighted by atomic mass is 16.1. The van der Waals surface area contributed by atoms with Crippen molar-refractivity contribution in [3.05, 3.63) is 66.4 Å². The number of para-hydroxylation sites is 1. The highest BCUT2D eigenvalue weighted by molar-refractivity contribution is 6.06. The minimum absolute atomic E-state index is 0.124. The first-order valence-electron chi connectivity index (χ1n) is 10.6. The number of nitrogens with one attached hydrogen (secondary N) is 2. The third-order valence-corrected chi connectivity index (χ3v) is 5.40. The minimum Gasteiger partial charge on any atom is -0.369 e. The second-order valence-corrected chi connectivity index (χ2v) is 7.92. The Morgan fingerprint density at radius 1 is 1.06 bits per heavy atom. The number of carbonyl (C=O) groups excluding carboxylic acids is 1. The number of hydrogen-bond donors (Lipinski definition) is 2. The summed E-state index contributed by atoms with van der Waals surface area (Å²) in [5.74, 6) is 1.36. The van der Waals surface area contributed by atoms with E-state index in [1.807, 2.05) is 43.3 Å². The smallest absolute Gasteiger partial charge is 0.251 e. The topological polar surface area (TPSA) is 109 Å². The molecule has 0 aliphatic heterocycles. The average molecular weight is 443 g/mol. The number of nitrogens with zero attached hydrogens (tertiary/aromatic N) is 6. The summed E-state index contributed by atoms with van der Waals surface area (Å²) < 4.78 is 0. The third-order valence-electron chi connectivity index (χ3n) is 5.40. The Hall–Kier alpha value is -4.14. The Balaban J connectivity index is 1.53. The Labute approximate surface area is 192 Å². The molecule has 0 saturated heterocycles. The van der Waals surface area contributed by atoms with Crippen LogP contribution < -0.4 is 15.5 Å². The van der Waals surface area contributed by atoms with Gasteiger partial charge in [0.25, 0.3) is 5.91 Å². The number of anilines is 2. The molecule has 0 bridgehead atoms. The van der Waals surface area contributed by atoms with E-state index in [1.54, 1.807) is 31.7 Å². The molecule has 2 N–H and O–H groups in total. The third kappa shape index (κ3) is 4.72. The highest BCUT2D eigenvalue weighted by Gasteiger charge is 2.15. The molecule has 3 aromatic heterocycles. The molecule has 1 amide bonds. The van der Waals surface area contributed by atoms with Crippen molar-refractivity contribution >= 4 is 28.6 Å². The first-order chi connectivity index (χ1) is 16.0. The lowest BCUT2D eigenvalue weighted by Crippen LogP contribution is -2.18. The molecule has 0 aliphatic carbocycles. The lowest BCUT2D eigenvalue weighted by Gasteiger charge is -2.16. The van der Waals surface area contributed by atoms with Crippen LogP contribution in [0.4, 0.5) is 11.8 Å². The van der Waals surface area contributed by atoms with Crippen LogP contribution in [-0.4, -0.2) is 58.5 Å². The van der Waals surface area contributed by atoms with E-state index < -0.39 is 0 Å². The average Bonchev–Trinajstić information content (AvgIpc) is 2.86. The lowest BCUT2D eigenvalue weighted by atomic mass is 9.96. The van der Waals surface area contributed by atoms with Gasteiger partial charge in [-0.1, -0.05) is 25.1 Å². The second kappa shape index (κ2) is 9.56. The SMILES string of the molecule is CNC(=O)c1ccnc2c([C@H](C)CNc3cc(-c4cnc(N(C)C)nc4)ncn3)cccc12. The summed E-state index contributed by atoms with van der Waals surface area (Å²) >= 11 is 0. The van der Waals surface area contributed by atoms with Gasteiger partial charge in [0, 0.05) is 69.2 Å². The summed E-state index contributed by atoms with van der Waals surface area (Å²) in [6, 6.07) is 9.56. The number of benzene rings is 1. The normalized spacial score (nSPS) is 11.8.